The maximum absolute atomic E-state index is 12.1. The molecule has 1 aliphatic heterocycles. The SMILES string of the molecule is O=C(NCCc1ncno1)[C@H]1Cc2ccccc2CN1. The molecule has 0 spiro atoms. The number of nitrogens with zero attached hydrogens (tertiary/aromatic N) is 2. The van der Waals surface area contributed by atoms with Gasteiger partial charge in [-0.25, -0.2) is 0 Å². The van der Waals surface area contributed by atoms with Gasteiger partial charge in [-0.2, -0.15) is 4.98 Å². The van der Waals surface area contributed by atoms with Crippen LogP contribution in [0.3, 0.4) is 0 Å². The summed E-state index contributed by atoms with van der Waals surface area (Å²) in [6.45, 7) is 1.23. The van der Waals surface area contributed by atoms with E-state index in [0.29, 0.717) is 18.9 Å². The molecule has 1 aromatic carbocycles. The van der Waals surface area contributed by atoms with Crippen molar-refractivity contribution in [3.63, 3.8) is 0 Å². The molecule has 6 nitrogen and oxygen atoms in total. The number of nitrogens with one attached hydrogen (secondary N) is 2. The number of rotatable bonds is 4. The lowest BCUT2D eigenvalue weighted by Crippen LogP contribution is -2.48. The van der Waals surface area contributed by atoms with Crippen molar-refractivity contribution < 1.29 is 9.32 Å². The highest BCUT2D eigenvalue weighted by Crippen LogP contribution is 2.16. The summed E-state index contributed by atoms with van der Waals surface area (Å²) in [5.74, 6) is 0.547. The number of benzene rings is 1. The van der Waals surface area contributed by atoms with E-state index in [0.717, 1.165) is 13.0 Å². The maximum Gasteiger partial charge on any atom is 0.237 e. The van der Waals surface area contributed by atoms with Gasteiger partial charge in [0.25, 0.3) is 0 Å². The highest BCUT2D eigenvalue weighted by Gasteiger charge is 2.23. The van der Waals surface area contributed by atoms with Crippen molar-refractivity contribution in [3.8, 4) is 0 Å². The Hall–Kier alpha value is -2.21. The second-order valence-electron chi connectivity index (χ2n) is 4.78. The average Bonchev–Trinajstić information content (AvgIpc) is 3.00. The van der Waals surface area contributed by atoms with Crippen LogP contribution in [0.2, 0.25) is 0 Å². The third kappa shape index (κ3) is 2.85. The summed E-state index contributed by atoms with van der Waals surface area (Å²) in [5.41, 5.74) is 2.51. The third-order valence-electron chi connectivity index (χ3n) is 3.44. The standard InChI is InChI=1S/C14H16N4O2/c19-14(15-6-5-13-17-9-18-20-13)12-7-10-3-1-2-4-11(10)8-16-12/h1-4,9,12,16H,5-8H2,(H,15,19)/t12-/m1/s1. The Morgan fingerprint density at radius 2 is 2.25 bits per heavy atom. The van der Waals surface area contributed by atoms with Crippen molar-refractivity contribution >= 4 is 5.91 Å². The number of carbonyl (C=O) groups excluding carboxylic acids is 1. The van der Waals surface area contributed by atoms with Gasteiger partial charge in [-0.05, 0) is 17.5 Å². The smallest absolute Gasteiger partial charge is 0.237 e. The third-order valence-corrected chi connectivity index (χ3v) is 3.44. The van der Waals surface area contributed by atoms with Crippen LogP contribution >= 0.6 is 0 Å². The number of hydrogen-bond acceptors (Lipinski definition) is 5. The normalized spacial score (nSPS) is 17.5. The van der Waals surface area contributed by atoms with Crippen LogP contribution in [0.4, 0.5) is 0 Å². The van der Waals surface area contributed by atoms with Gasteiger partial charge in [0.15, 0.2) is 6.33 Å². The zero-order chi connectivity index (χ0) is 13.8. The van der Waals surface area contributed by atoms with Gasteiger partial charge in [-0.3, -0.25) is 4.79 Å². The van der Waals surface area contributed by atoms with Crippen LogP contribution in [-0.4, -0.2) is 28.6 Å². The molecule has 104 valence electrons. The molecule has 2 N–H and O–H groups in total. The molecule has 6 heteroatoms. The molecule has 1 aliphatic rings. The van der Waals surface area contributed by atoms with Crippen molar-refractivity contribution in [1.82, 2.24) is 20.8 Å². The minimum Gasteiger partial charge on any atom is -0.354 e. The van der Waals surface area contributed by atoms with E-state index in [4.69, 9.17) is 4.52 Å². The van der Waals surface area contributed by atoms with Gasteiger partial charge >= 0.3 is 0 Å². The Balaban J connectivity index is 1.51. The molecule has 0 unspecified atom stereocenters. The highest BCUT2D eigenvalue weighted by molar-refractivity contribution is 5.82. The lowest BCUT2D eigenvalue weighted by molar-refractivity contribution is -0.123. The van der Waals surface area contributed by atoms with E-state index in [-0.39, 0.29) is 11.9 Å². The van der Waals surface area contributed by atoms with E-state index < -0.39 is 0 Å². The van der Waals surface area contributed by atoms with Gasteiger partial charge in [-0.15, -0.1) is 0 Å². The molecule has 0 radical (unpaired) electrons. The van der Waals surface area contributed by atoms with Crippen LogP contribution in [0.1, 0.15) is 17.0 Å². The molecule has 3 rings (SSSR count). The first kappa shape index (κ1) is 12.8. The van der Waals surface area contributed by atoms with E-state index in [9.17, 15) is 4.79 Å². The van der Waals surface area contributed by atoms with Crippen LogP contribution in [0.5, 0.6) is 0 Å². The van der Waals surface area contributed by atoms with E-state index >= 15 is 0 Å². The fourth-order valence-corrected chi connectivity index (χ4v) is 2.36. The number of amides is 1. The van der Waals surface area contributed by atoms with E-state index in [1.807, 2.05) is 12.1 Å². The predicted octanol–water partition coefficient (Wildman–Crippen LogP) is 0.443. The Morgan fingerprint density at radius 3 is 3.05 bits per heavy atom. The lowest BCUT2D eigenvalue weighted by Gasteiger charge is -2.25. The largest absolute Gasteiger partial charge is 0.354 e. The second kappa shape index (κ2) is 5.83. The fourth-order valence-electron chi connectivity index (χ4n) is 2.36. The highest BCUT2D eigenvalue weighted by atomic mass is 16.5. The zero-order valence-electron chi connectivity index (χ0n) is 11.0. The Bertz CT molecular complexity index is 583. The molecule has 0 fully saturated rings. The summed E-state index contributed by atoms with van der Waals surface area (Å²) >= 11 is 0. The molecule has 0 saturated heterocycles. The van der Waals surface area contributed by atoms with Crippen molar-refractivity contribution in [3.05, 3.63) is 47.6 Å². The van der Waals surface area contributed by atoms with Crippen LogP contribution < -0.4 is 10.6 Å². The molecule has 0 bridgehead atoms. The van der Waals surface area contributed by atoms with Crippen molar-refractivity contribution in [2.75, 3.05) is 6.54 Å². The van der Waals surface area contributed by atoms with Gasteiger partial charge in [0.2, 0.25) is 11.8 Å². The molecule has 0 aliphatic carbocycles. The molecule has 20 heavy (non-hydrogen) atoms. The number of fused-ring (bicyclic) bond motifs is 1. The fraction of sp³-hybridized carbons (Fsp3) is 0.357. The van der Waals surface area contributed by atoms with Crippen molar-refractivity contribution in [2.45, 2.75) is 25.4 Å². The second-order valence-corrected chi connectivity index (χ2v) is 4.78. The van der Waals surface area contributed by atoms with Gasteiger partial charge in [0, 0.05) is 19.5 Å². The molecule has 2 aromatic rings. The zero-order valence-corrected chi connectivity index (χ0v) is 11.0. The molecule has 1 atom stereocenters. The molecule has 2 heterocycles. The summed E-state index contributed by atoms with van der Waals surface area (Å²) < 4.78 is 4.88. The first-order valence-corrected chi connectivity index (χ1v) is 6.66. The first-order chi connectivity index (χ1) is 9.83. The van der Waals surface area contributed by atoms with E-state index in [1.165, 1.54) is 17.5 Å². The number of hydrogen-bond donors (Lipinski definition) is 2. The monoisotopic (exact) mass is 272 g/mol. The summed E-state index contributed by atoms with van der Waals surface area (Å²) in [5, 5.41) is 9.67. The van der Waals surface area contributed by atoms with Crippen LogP contribution in [0, 0.1) is 0 Å². The predicted molar refractivity (Wildman–Crippen MR) is 71.8 cm³/mol. The van der Waals surface area contributed by atoms with Crippen molar-refractivity contribution in [2.24, 2.45) is 0 Å². The van der Waals surface area contributed by atoms with Gasteiger partial charge in [-0.1, -0.05) is 29.4 Å². The molecular weight excluding hydrogens is 256 g/mol. The van der Waals surface area contributed by atoms with E-state index in [2.05, 4.69) is 32.9 Å². The van der Waals surface area contributed by atoms with Crippen molar-refractivity contribution in [1.29, 1.82) is 0 Å². The summed E-state index contributed by atoms with van der Waals surface area (Å²) in [7, 11) is 0. The van der Waals surface area contributed by atoms with Crippen LogP contribution in [0.25, 0.3) is 0 Å². The summed E-state index contributed by atoms with van der Waals surface area (Å²) in [4.78, 5) is 16.0. The van der Waals surface area contributed by atoms with Crippen LogP contribution in [0.15, 0.2) is 35.1 Å². The number of aromatic nitrogens is 2. The Morgan fingerprint density at radius 1 is 1.40 bits per heavy atom. The molecule has 1 amide bonds. The van der Waals surface area contributed by atoms with Gasteiger partial charge < -0.3 is 15.2 Å². The quantitative estimate of drug-likeness (QED) is 0.844. The van der Waals surface area contributed by atoms with Gasteiger partial charge in [0.05, 0.1) is 6.04 Å². The first-order valence-electron chi connectivity index (χ1n) is 6.66. The Labute approximate surface area is 116 Å². The molecular formula is C14H16N4O2. The molecule has 0 saturated carbocycles. The maximum atomic E-state index is 12.1. The summed E-state index contributed by atoms with van der Waals surface area (Å²) in [6, 6.07) is 8.02. The topological polar surface area (TPSA) is 80.1 Å². The average molecular weight is 272 g/mol. The minimum atomic E-state index is -0.174. The molecule has 1 aromatic heterocycles. The lowest BCUT2D eigenvalue weighted by atomic mass is 9.95. The number of carbonyl (C=O) groups is 1. The minimum absolute atomic E-state index is 0.0130. The van der Waals surface area contributed by atoms with Gasteiger partial charge in [0.1, 0.15) is 0 Å². The van der Waals surface area contributed by atoms with Crippen LogP contribution in [-0.2, 0) is 24.2 Å². The summed E-state index contributed by atoms with van der Waals surface area (Å²) in [6.07, 6.45) is 2.63. The Kier molecular flexibility index (Phi) is 3.73. The van der Waals surface area contributed by atoms with E-state index in [1.54, 1.807) is 0 Å².